The first-order valence-electron chi connectivity index (χ1n) is 8.23. The lowest BCUT2D eigenvalue weighted by atomic mass is 10.1. The maximum Gasteiger partial charge on any atom is 0.332 e. The van der Waals surface area contributed by atoms with Gasteiger partial charge in [0.15, 0.2) is 0 Å². The van der Waals surface area contributed by atoms with E-state index in [1.54, 1.807) is 30.0 Å². The van der Waals surface area contributed by atoms with Gasteiger partial charge in [-0.3, -0.25) is 4.98 Å². The number of imidazole rings is 1. The first-order chi connectivity index (χ1) is 13.1. The number of benzene rings is 1. The van der Waals surface area contributed by atoms with Crippen molar-refractivity contribution in [2.24, 2.45) is 10.8 Å². The SMILES string of the molecule is C/C(=N/NC(N)=O)c1cnc2ncc(Cc3ccc4ncccc4c3)n2n1. The maximum atomic E-state index is 10.8. The lowest BCUT2D eigenvalue weighted by Gasteiger charge is -2.05. The fourth-order valence-corrected chi connectivity index (χ4v) is 2.75. The van der Waals surface area contributed by atoms with Crippen molar-refractivity contribution < 1.29 is 4.79 Å². The highest BCUT2D eigenvalue weighted by Crippen LogP contribution is 2.16. The van der Waals surface area contributed by atoms with E-state index in [1.807, 2.05) is 24.3 Å². The number of primary amides is 1. The van der Waals surface area contributed by atoms with Crippen LogP contribution in [0.4, 0.5) is 4.79 Å². The molecule has 0 atom stereocenters. The van der Waals surface area contributed by atoms with E-state index in [1.165, 1.54) is 0 Å². The van der Waals surface area contributed by atoms with Gasteiger partial charge in [-0.2, -0.15) is 10.2 Å². The number of nitrogens with one attached hydrogen (secondary N) is 1. The van der Waals surface area contributed by atoms with Gasteiger partial charge in [-0.15, -0.1) is 0 Å². The van der Waals surface area contributed by atoms with Crippen molar-refractivity contribution in [3.63, 3.8) is 0 Å². The van der Waals surface area contributed by atoms with Crippen LogP contribution in [0.2, 0.25) is 0 Å². The molecular formula is C18H16N8O. The zero-order chi connectivity index (χ0) is 18.8. The van der Waals surface area contributed by atoms with Gasteiger partial charge in [0.05, 0.1) is 29.3 Å². The molecule has 0 aliphatic carbocycles. The highest BCUT2D eigenvalue weighted by Gasteiger charge is 2.10. The van der Waals surface area contributed by atoms with Gasteiger partial charge >= 0.3 is 6.03 Å². The summed E-state index contributed by atoms with van der Waals surface area (Å²) in [5, 5.41) is 9.49. The molecule has 0 radical (unpaired) electrons. The van der Waals surface area contributed by atoms with E-state index < -0.39 is 6.03 Å². The molecule has 3 heterocycles. The number of carbonyl (C=O) groups excluding carboxylic acids is 1. The number of fused-ring (bicyclic) bond motifs is 2. The Balaban J connectivity index is 1.67. The molecule has 0 spiro atoms. The van der Waals surface area contributed by atoms with Gasteiger partial charge in [-0.25, -0.2) is 24.7 Å². The largest absolute Gasteiger partial charge is 0.350 e. The van der Waals surface area contributed by atoms with Gasteiger partial charge in [0.1, 0.15) is 5.69 Å². The molecule has 27 heavy (non-hydrogen) atoms. The molecule has 4 rings (SSSR count). The summed E-state index contributed by atoms with van der Waals surface area (Å²) in [6.07, 6.45) is 5.72. The standard InChI is InChI=1S/C18H16N8O/c1-11(23-24-17(19)27)16-10-22-18-21-9-14(26(18)25-16)8-12-4-5-15-13(7-12)3-2-6-20-15/h2-7,9-10H,8H2,1H3,(H3,19,24,27)/b23-11-. The number of amides is 2. The van der Waals surface area contributed by atoms with Crippen LogP contribution in [0.25, 0.3) is 16.7 Å². The van der Waals surface area contributed by atoms with E-state index in [-0.39, 0.29) is 0 Å². The van der Waals surface area contributed by atoms with Crippen LogP contribution in [0.1, 0.15) is 23.9 Å². The van der Waals surface area contributed by atoms with Crippen molar-refractivity contribution >= 4 is 28.4 Å². The zero-order valence-electron chi connectivity index (χ0n) is 14.5. The fraction of sp³-hybridized carbons (Fsp3) is 0.111. The summed E-state index contributed by atoms with van der Waals surface area (Å²) in [5.41, 5.74) is 11.2. The van der Waals surface area contributed by atoms with Crippen LogP contribution in [0, 0.1) is 0 Å². The monoisotopic (exact) mass is 360 g/mol. The summed E-state index contributed by atoms with van der Waals surface area (Å²) in [6.45, 7) is 1.71. The molecule has 0 saturated heterocycles. The number of aromatic nitrogens is 5. The molecule has 0 aliphatic rings. The quantitative estimate of drug-likeness (QED) is 0.423. The highest BCUT2D eigenvalue weighted by atomic mass is 16.2. The van der Waals surface area contributed by atoms with Crippen molar-refractivity contribution in [1.82, 2.24) is 30.0 Å². The van der Waals surface area contributed by atoms with Crippen molar-refractivity contribution in [2.75, 3.05) is 0 Å². The third-order valence-electron chi connectivity index (χ3n) is 4.06. The number of pyridine rings is 1. The van der Waals surface area contributed by atoms with E-state index in [0.717, 1.165) is 22.2 Å². The Morgan fingerprint density at radius 3 is 2.93 bits per heavy atom. The topological polar surface area (TPSA) is 123 Å². The van der Waals surface area contributed by atoms with Crippen LogP contribution < -0.4 is 11.2 Å². The van der Waals surface area contributed by atoms with E-state index in [9.17, 15) is 4.79 Å². The number of nitrogens with two attached hydrogens (primary N) is 1. The predicted octanol–water partition coefficient (Wildman–Crippen LogP) is 1.66. The predicted molar refractivity (Wildman–Crippen MR) is 100 cm³/mol. The van der Waals surface area contributed by atoms with Gasteiger partial charge in [-0.05, 0) is 30.7 Å². The number of carbonyl (C=O) groups is 1. The Morgan fingerprint density at radius 2 is 2.07 bits per heavy atom. The molecule has 0 bridgehead atoms. The van der Waals surface area contributed by atoms with Crippen LogP contribution in [0.5, 0.6) is 0 Å². The highest BCUT2D eigenvalue weighted by molar-refractivity contribution is 5.97. The average molecular weight is 360 g/mol. The number of nitrogens with zero attached hydrogens (tertiary/aromatic N) is 6. The molecule has 9 heteroatoms. The minimum Gasteiger partial charge on any atom is -0.350 e. The third-order valence-corrected chi connectivity index (χ3v) is 4.06. The van der Waals surface area contributed by atoms with Crippen LogP contribution in [-0.4, -0.2) is 36.3 Å². The van der Waals surface area contributed by atoms with E-state index >= 15 is 0 Å². The molecule has 3 N–H and O–H groups in total. The number of rotatable bonds is 4. The summed E-state index contributed by atoms with van der Waals surface area (Å²) in [4.78, 5) is 23.7. The van der Waals surface area contributed by atoms with Gasteiger partial charge in [0.2, 0.25) is 0 Å². The maximum absolute atomic E-state index is 10.8. The fourth-order valence-electron chi connectivity index (χ4n) is 2.75. The minimum atomic E-state index is -0.738. The van der Waals surface area contributed by atoms with Gasteiger partial charge in [0.25, 0.3) is 5.78 Å². The van der Waals surface area contributed by atoms with Crippen LogP contribution in [0.15, 0.2) is 54.0 Å². The zero-order valence-corrected chi connectivity index (χ0v) is 14.5. The van der Waals surface area contributed by atoms with E-state index in [0.29, 0.717) is 23.6 Å². The number of urea groups is 1. The van der Waals surface area contributed by atoms with Crippen LogP contribution >= 0.6 is 0 Å². The molecule has 134 valence electrons. The first kappa shape index (κ1) is 16.6. The minimum absolute atomic E-state index is 0.486. The van der Waals surface area contributed by atoms with E-state index in [4.69, 9.17) is 5.73 Å². The molecule has 1 aromatic carbocycles. The summed E-state index contributed by atoms with van der Waals surface area (Å²) in [5.74, 6) is 0.492. The number of hydrogen-bond acceptors (Lipinski definition) is 6. The van der Waals surface area contributed by atoms with Crippen molar-refractivity contribution in [2.45, 2.75) is 13.3 Å². The molecule has 3 aromatic heterocycles. The molecule has 4 aromatic rings. The van der Waals surface area contributed by atoms with Crippen molar-refractivity contribution in [3.05, 3.63) is 65.9 Å². The Bertz CT molecular complexity index is 1180. The van der Waals surface area contributed by atoms with E-state index in [2.05, 4.69) is 36.6 Å². The van der Waals surface area contributed by atoms with Crippen molar-refractivity contribution in [1.29, 1.82) is 0 Å². The lowest BCUT2D eigenvalue weighted by molar-refractivity contribution is 0.249. The molecule has 9 nitrogen and oxygen atoms in total. The molecule has 0 fully saturated rings. The smallest absolute Gasteiger partial charge is 0.332 e. The Kier molecular flexibility index (Phi) is 4.17. The molecule has 0 aliphatic heterocycles. The Labute approximate surface area is 154 Å². The third kappa shape index (κ3) is 3.43. The van der Waals surface area contributed by atoms with Crippen LogP contribution in [-0.2, 0) is 6.42 Å². The second-order valence-electron chi connectivity index (χ2n) is 5.99. The molecule has 0 unspecified atom stereocenters. The number of hydrazone groups is 1. The summed E-state index contributed by atoms with van der Waals surface area (Å²) < 4.78 is 1.67. The van der Waals surface area contributed by atoms with Gasteiger partial charge in [-0.1, -0.05) is 12.1 Å². The van der Waals surface area contributed by atoms with Gasteiger partial charge in [0, 0.05) is 18.0 Å². The Morgan fingerprint density at radius 1 is 1.22 bits per heavy atom. The lowest BCUT2D eigenvalue weighted by Crippen LogP contribution is -2.25. The second kappa shape index (κ2) is 6.79. The molecule has 2 amide bonds. The molecular weight excluding hydrogens is 344 g/mol. The van der Waals surface area contributed by atoms with Gasteiger partial charge < -0.3 is 5.73 Å². The van der Waals surface area contributed by atoms with Crippen molar-refractivity contribution in [3.8, 4) is 0 Å². The normalized spacial score (nSPS) is 11.8. The first-order valence-corrected chi connectivity index (χ1v) is 8.23. The summed E-state index contributed by atoms with van der Waals surface area (Å²) >= 11 is 0. The molecule has 0 saturated carbocycles. The van der Waals surface area contributed by atoms with Crippen LogP contribution in [0.3, 0.4) is 0 Å². The second-order valence-corrected chi connectivity index (χ2v) is 5.99. The average Bonchev–Trinajstić information content (AvgIpc) is 3.08. The Hall–Kier alpha value is -3.88. The summed E-state index contributed by atoms with van der Waals surface area (Å²) in [7, 11) is 0. The number of hydrogen-bond donors (Lipinski definition) is 2. The summed E-state index contributed by atoms with van der Waals surface area (Å²) in [6, 6.07) is 9.34.